The molecule has 4 heterocycles. The summed E-state index contributed by atoms with van der Waals surface area (Å²) >= 11 is 0. The first-order valence-electron chi connectivity index (χ1n) is 21.7. The highest BCUT2D eigenvalue weighted by molar-refractivity contribution is 6.14. The summed E-state index contributed by atoms with van der Waals surface area (Å²) in [5, 5.41) is 5.84. The summed E-state index contributed by atoms with van der Waals surface area (Å²) in [7, 11) is 0. The molecular weight excluding hydrogens is 757 g/mol. The maximum absolute atomic E-state index is 5.30. The molecule has 0 aliphatic carbocycles. The molecule has 302 valence electrons. The highest BCUT2D eigenvalue weighted by atomic mass is 15.2. The van der Waals surface area contributed by atoms with Crippen LogP contribution in [0.5, 0.6) is 0 Å². The largest absolute Gasteiger partial charge is 0.310 e. The minimum atomic E-state index is 0.356. The van der Waals surface area contributed by atoms with Crippen molar-refractivity contribution in [1.29, 1.82) is 0 Å². The number of imidazole rings is 2. The molecule has 0 saturated heterocycles. The first kappa shape index (κ1) is 37.6. The van der Waals surface area contributed by atoms with Crippen molar-refractivity contribution in [1.82, 2.24) is 23.5 Å². The number of para-hydroxylation sites is 4. The van der Waals surface area contributed by atoms with Crippen LogP contribution in [0.4, 0.5) is 17.1 Å². The van der Waals surface area contributed by atoms with E-state index >= 15 is 0 Å². The fourth-order valence-electron chi connectivity index (χ4n) is 9.96. The number of nitrogens with zero attached hydrogens (tertiary/aromatic N) is 6. The van der Waals surface area contributed by atoms with E-state index in [1.807, 2.05) is 6.20 Å². The summed E-state index contributed by atoms with van der Waals surface area (Å²) in [6.45, 7) is 13.5. The number of aromatic nitrogens is 5. The molecule has 0 bridgehead atoms. The van der Waals surface area contributed by atoms with Gasteiger partial charge in [0.05, 0.1) is 34.1 Å². The molecular formula is C56H48N6. The summed E-state index contributed by atoms with van der Waals surface area (Å²) in [5.41, 5.74) is 16.1. The van der Waals surface area contributed by atoms with Gasteiger partial charge in [-0.1, -0.05) is 131 Å². The molecule has 0 saturated carbocycles. The number of hydrogen-bond acceptors (Lipinski definition) is 3. The Labute approximate surface area is 362 Å². The lowest BCUT2D eigenvalue weighted by atomic mass is 9.87. The van der Waals surface area contributed by atoms with Crippen molar-refractivity contribution in [2.45, 2.75) is 53.4 Å². The summed E-state index contributed by atoms with van der Waals surface area (Å²) in [5.74, 6) is 1.57. The number of benzene rings is 7. The molecule has 0 amide bonds. The summed E-state index contributed by atoms with van der Waals surface area (Å²) in [4.78, 5) is 12.7. The van der Waals surface area contributed by atoms with Gasteiger partial charge < -0.3 is 4.90 Å². The van der Waals surface area contributed by atoms with Crippen LogP contribution in [0.25, 0.3) is 72.0 Å². The zero-order valence-corrected chi connectivity index (χ0v) is 36.0. The van der Waals surface area contributed by atoms with Gasteiger partial charge in [-0.2, -0.15) is 0 Å². The van der Waals surface area contributed by atoms with Gasteiger partial charge >= 0.3 is 0 Å². The van der Waals surface area contributed by atoms with E-state index in [-0.39, 0.29) is 0 Å². The maximum Gasteiger partial charge on any atom is 0.219 e. The van der Waals surface area contributed by atoms with E-state index in [0.29, 0.717) is 11.8 Å². The lowest BCUT2D eigenvalue weighted by Crippen LogP contribution is -2.11. The van der Waals surface area contributed by atoms with Crippen LogP contribution >= 0.6 is 0 Å². The van der Waals surface area contributed by atoms with Crippen LogP contribution in [0.2, 0.25) is 0 Å². The van der Waals surface area contributed by atoms with Gasteiger partial charge in [-0.25, -0.2) is 9.97 Å². The lowest BCUT2D eigenvalue weighted by Gasteiger charge is -2.26. The van der Waals surface area contributed by atoms with Gasteiger partial charge in [-0.15, -0.1) is 0 Å². The molecule has 6 heteroatoms. The normalized spacial score (nSPS) is 12.0. The van der Waals surface area contributed by atoms with Crippen LogP contribution in [-0.2, 0) is 0 Å². The Morgan fingerprint density at radius 2 is 1.10 bits per heavy atom. The molecule has 0 spiro atoms. The molecule has 0 fully saturated rings. The molecule has 0 unspecified atom stereocenters. The Kier molecular flexibility index (Phi) is 8.86. The van der Waals surface area contributed by atoms with Crippen LogP contribution in [-0.4, -0.2) is 23.5 Å². The maximum atomic E-state index is 5.30. The predicted molar refractivity (Wildman–Crippen MR) is 259 cm³/mol. The van der Waals surface area contributed by atoms with Crippen molar-refractivity contribution in [3.05, 3.63) is 193 Å². The fraction of sp³-hybridized carbons (Fsp3) is 0.143. The first-order chi connectivity index (χ1) is 30.3. The number of fused-ring (bicyclic) bond motifs is 9. The second-order valence-electron chi connectivity index (χ2n) is 17.2. The lowest BCUT2D eigenvalue weighted by molar-refractivity contribution is 0.836. The Bertz CT molecular complexity index is 3460. The van der Waals surface area contributed by atoms with Crippen LogP contribution in [0.3, 0.4) is 0 Å². The van der Waals surface area contributed by atoms with E-state index in [9.17, 15) is 0 Å². The topological polar surface area (TPSA) is 43.3 Å². The minimum absolute atomic E-state index is 0.356. The van der Waals surface area contributed by atoms with Gasteiger partial charge in [-0.3, -0.25) is 13.5 Å². The number of aryl methyl sites for hydroxylation is 2. The van der Waals surface area contributed by atoms with Crippen molar-refractivity contribution in [3.63, 3.8) is 0 Å². The van der Waals surface area contributed by atoms with E-state index in [2.05, 4.69) is 224 Å². The Morgan fingerprint density at radius 1 is 0.500 bits per heavy atom. The average molecular weight is 805 g/mol. The first-order valence-corrected chi connectivity index (χ1v) is 21.7. The van der Waals surface area contributed by atoms with E-state index in [1.165, 1.54) is 49.4 Å². The standard InChI is InChI=1S/C56H48N6/c1-35(2)42-22-15-23-43(36(3)4)53(42)52-34-58-55-48-32-40(26-28-44(48)45-20-10-12-24-49(45)61(52)55)60(39-18-8-7-9-19-39)41-27-29-47-46-21-11-13-25-50(46)62(51(47)33-41)56-57-30-31-59(56)54-37(5)16-14-17-38(54)6/h7-36H,1-6H3. The van der Waals surface area contributed by atoms with Gasteiger partial charge in [0.25, 0.3) is 0 Å². The van der Waals surface area contributed by atoms with E-state index in [4.69, 9.17) is 9.97 Å². The van der Waals surface area contributed by atoms with Crippen LogP contribution < -0.4 is 4.90 Å². The van der Waals surface area contributed by atoms with Gasteiger partial charge in [0.2, 0.25) is 5.95 Å². The molecule has 4 aromatic heterocycles. The van der Waals surface area contributed by atoms with Gasteiger partial charge in [-0.05, 0) is 102 Å². The Morgan fingerprint density at radius 3 is 1.81 bits per heavy atom. The van der Waals surface area contributed by atoms with E-state index < -0.39 is 0 Å². The van der Waals surface area contributed by atoms with Crippen molar-refractivity contribution in [2.75, 3.05) is 4.90 Å². The zero-order valence-electron chi connectivity index (χ0n) is 36.0. The number of pyridine rings is 1. The van der Waals surface area contributed by atoms with Crippen LogP contribution in [0.15, 0.2) is 170 Å². The third-order valence-electron chi connectivity index (χ3n) is 12.8. The summed E-state index contributed by atoms with van der Waals surface area (Å²) in [6, 6.07) is 55.2. The molecule has 7 aromatic carbocycles. The van der Waals surface area contributed by atoms with Crippen molar-refractivity contribution < 1.29 is 0 Å². The molecule has 6 nitrogen and oxygen atoms in total. The highest BCUT2D eigenvalue weighted by Crippen LogP contribution is 2.44. The molecule has 62 heavy (non-hydrogen) atoms. The predicted octanol–water partition coefficient (Wildman–Crippen LogP) is 14.9. The third kappa shape index (κ3) is 5.77. The van der Waals surface area contributed by atoms with Crippen molar-refractivity contribution >= 4 is 66.2 Å². The Balaban J connectivity index is 1.16. The third-order valence-corrected chi connectivity index (χ3v) is 12.8. The monoisotopic (exact) mass is 804 g/mol. The molecule has 0 radical (unpaired) electrons. The van der Waals surface area contributed by atoms with E-state index in [0.717, 1.165) is 62.0 Å². The second kappa shape index (κ2) is 14.6. The number of rotatable bonds is 8. The van der Waals surface area contributed by atoms with Crippen LogP contribution in [0, 0.1) is 13.8 Å². The second-order valence-corrected chi connectivity index (χ2v) is 17.2. The molecule has 0 aliphatic heterocycles. The molecule has 0 atom stereocenters. The van der Waals surface area contributed by atoms with Crippen molar-refractivity contribution in [3.8, 4) is 22.9 Å². The molecule has 0 aliphatic rings. The van der Waals surface area contributed by atoms with E-state index in [1.54, 1.807) is 0 Å². The smallest absolute Gasteiger partial charge is 0.219 e. The number of anilines is 3. The van der Waals surface area contributed by atoms with Crippen LogP contribution in [0.1, 0.15) is 61.8 Å². The molecule has 11 rings (SSSR count). The highest BCUT2D eigenvalue weighted by Gasteiger charge is 2.24. The quantitative estimate of drug-likeness (QED) is 0.144. The minimum Gasteiger partial charge on any atom is -0.310 e. The Hall–Kier alpha value is -7.44. The van der Waals surface area contributed by atoms with Crippen molar-refractivity contribution in [2.24, 2.45) is 0 Å². The SMILES string of the molecule is Cc1cccc(C)c1-n1ccnc1-n1c2ccccc2c2ccc(N(c3ccccc3)c3ccc4c5ccccc5n5c(-c6c(C(C)C)cccc6C(C)C)cnc5c4c3)cc21. The summed E-state index contributed by atoms with van der Waals surface area (Å²) in [6.07, 6.45) is 6.09. The fourth-order valence-corrected chi connectivity index (χ4v) is 9.96. The van der Waals surface area contributed by atoms with Gasteiger partial charge in [0.1, 0.15) is 5.65 Å². The molecule has 11 aromatic rings. The van der Waals surface area contributed by atoms with Gasteiger partial charge in [0.15, 0.2) is 0 Å². The molecule has 0 N–H and O–H groups in total. The van der Waals surface area contributed by atoms with Gasteiger partial charge in [0, 0.05) is 56.6 Å². The number of hydrogen-bond donors (Lipinski definition) is 0. The average Bonchev–Trinajstić information content (AvgIpc) is 4.03. The zero-order chi connectivity index (χ0) is 42.2. The summed E-state index contributed by atoms with van der Waals surface area (Å²) < 4.78 is 6.97.